The largest absolute Gasteiger partial charge is 0.492 e. The molecule has 0 bridgehead atoms. The van der Waals surface area contributed by atoms with Crippen LogP contribution in [0.25, 0.3) is 6.08 Å². The van der Waals surface area contributed by atoms with Gasteiger partial charge in [0.2, 0.25) is 0 Å². The molecular weight excluding hydrogens is 554 g/mol. The van der Waals surface area contributed by atoms with Crippen molar-refractivity contribution in [2.75, 3.05) is 11.9 Å². The zero-order valence-corrected chi connectivity index (χ0v) is 19.0. The highest BCUT2D eigenvalue weighted by molar-refractivity contribution is 14.1. The third kappa shape index (κ3) is 5.20. The molecule has 0 radical (unpaired) electrons. The molecule has 0 saturated carbocycles. The minimum Gasteiger partial charge on any atom is -0.492 e. The van der Waals surface area contributed by atoms with Crippen molar-refractivity contribution in [3.05, 3.63) is 59.7 Å². The van der Waals surface area contributed by atoms with Gasteiger partial charge in [-0.25, -0.2) is 0 Å². The van der Waals surface area contributed by atoms with Crippen molar-refractivity contribution in [3.63, 3.8) is 0 Å². The number of carbonyl (C=O) groups excluding carboxylic acids is 1. The summed E-state index contributed by atoms with van der Waals surface area (Å²) in [5.41, 5.74) is 3.55. The summed E-state index contributed by atoms with van der Waals surface area (Å²) in [6, 6.07) is 11.6. The van der Waals surface area contributed by atoms with E-state index in [-0.39, 0.29) is 5.57 Å². The molecule has 2 aromatic carbocycles. The average molecular weight is 572 g/mol. The monoisotopic (exact) mass is 572 g/mol. The van der Waals surface area contributed by atoms with Crippen molar-refractivity contribution in [1.82, 2.24) is 0 Å². The molecule has 0 saturated heterocycles. The molecule has 0 fully saturated rings. The highest BCUT2D eigenvalue weighted by atomic mass is 127. The van der Waals surface area contributed by atoms with E-state index >= 15 is 0 Å². The summed E-state index contributed by atoms with van der Waals surface area (Å²) in [5.74, 6) is 0.407. The highest BCUT2D eigenvalue weighted by Gasteiger charge is 2.13. The maximum absolute atomic E-state index is 12.5. The van der Waals surface area contributed by atoms with Crippen LogP contribution in [0.15, 0.2) is 35.9 Å². The topological polar surface area (TPSA) is 62.1 Å². The second kappa shape index (κ2) is 9.37. The maximum Gasteiger partial charge on any atom is 0.266 e. The van der Waals surface area contributed by atoms with Gasteiger partial charge in [-0.3, -0.25) is 4.79 Å². The second-order valence-electron chi connectivity index (χ2n) is 5.69. The Morgan fingerprint density at radius 2 is 1.88 bits per heavy atom. The second-order valence-corrected chi connectivity index (χ2v) is 8.01. The Kier molecular flexibility index (Phi) is 7.46. The summed E-state index contributed by atoms with van der Waals surface area (Å²) < 4.78 is 7.50. The SMILES string of the molecule is CCOc1c(I)cc(/C=C(\C#N)C(=O)Nc2cc(C)ccc2C)cc1I. The van der Waals surface area contributed by atoms with E-state index in [2.05, 4.69) is 50.5 Å². The first-order valence-corrected chi connectivity index (χ1v) is 10.1. The van der Waals surface area contributed by atoms with Crippen LogP contribution in [0.4, 0.5) is 5.69 Å². The van der Waals surface area contributed by atoms with Crippen LogP contribution in [0.2, 0.25) is 0 Å². The fourth-order valence-electron chi connectivity index (χ4n) is 2.32. The Labute approximate surface area is 180 Å². The van der Waals surface area contributed by atoms with Crippen molar-refractivity contribution in [1.29, 1.82) is 5.26 Å². The Balaban J connectivity index is 2.31. The van der Waals surface area contributed by atoms with Crippen LogP contribution < -0.4 is 10.1 Å². The van der Waals surface area contributed by atoms with Crippen LogP contribution in [0, 0.1) is 32.3 Å². The van der Waals surface area contributed by atoms with Crippen molar-refractivity contribution < 1.29 is 9.53 Å². The van der Waals surface area contributed by atoms with Crippen LogP contribution >= 0.6 is 45.2 Å². The molecule has 1 amide bonds. The molecule has 2 rings (SSSR count). The first kappa shape index (κ1) is 20.7. The van der Waals surface area contributed by atoms with Crippen LogP contribution in [-0.2, 0) is 4.79 Å². The van der Waals surface area contributed by atoms with Gasteiger partial charge in [0.1, 0.15) is 17.4 Å². The number of nitriles is 1. The number of nitrogens with one attached hydrogen (secondary N) is 1. The Morgan fingerprint density at radius 3 is 2.46 bits per heavy atom. The minimum absolute atomic E-state index is 0.0571. The van der Waals surface area contributed by atoms with Gasteiger partial charge in [0.15, 0.2) is 0 Å². The molecule has 0 aliphatic heterocycles. The van der Waals surface area contributed by atoms with Crippen LogP contribution in [0.3, 0.4) is 0 Å². The van der Waals surface area contributed by atoms with E-state index in [1.807, 2.05) is 57.2 Å². The lowest BCUT2D eigenvalue weighted by atomic mass is 10.1. The summed E-state index contributed by atoms with van der Waals surface area (Å²) in [7, 11) is 0. The van der Waals surface area contributed by atoms with Gasteiger partial charge in [-0.1, -0.05) is 12.1 Å². The third-order valence-corrected chi connectivity index (χ3v) is 5.23. The molecule has 2 aromatic rings. The predicted octanol–water partition coefficient (Wildman–Crippen LogP) is 5.46. The summed E-state index contributed by atoms with van der Waals surface area (Å²) in [5, 5.41) is 12.3. The molecule has 134 valence electrons. The van der Waals surface area contributed by atoms with Gasteiger partial charge in [0.25, 0.3) is 5.91 Å². The van der Waals surface area contributed by atoms with E-state index in [0.717, 1.165) is 29.6 Å². The molecule has 0 atom stereocenters. The maximum atomic E-state index is 12.5. The fourth-order valence-corrected chi connectivity index (χ4v) is 4.45. The lowest BCUT2D eigenvalue weighted by molar-refractivity contribution is -0.112. The van der Waals surface area contributed by atoms with Crippen molar-refractivity contribution in [3.8, 4) is 11.8 Å². The quantitative estimate of drug-likeness (QED) is 0.295. The Morgan fingerprint density at radius 1 is 1.23 bits per heavy atom. The smallest absolute Gasteiger partial charge is 0.266 e. The molecule has 1 N–H and O–H groups in total. The number of ether oxygens (including phenoxy) is 1. The summed E-state index contributed by atoms with van der Waals surface area (Å²) in [4.78, 5) is 12.5. The van der Waals surface area contributed by atoms with Crippen LogP contribution in [0.1, 0.15) is 23.6 Å². The third-order valence-electron chi connectivity index (χ3n) is 3.63. The zero-order valence-electron chi connectivity index (χ0n) is 14.7. The molecular formula is C20H18I2N2O2. The molecule has 0 spiro atoms. The first-order chi connectivity index (χ1) is 12.3. The van der Waals surface area contributed by atoms with Crippen molar-refractivity contribution >= 4 is 62.9 Å². The van der Waals surface area contributed by atoms with Crippen LogP contribution in [-0.4, -0.2) is 12.5 Å². The predicted molar refractivity (Wildman–Crippen MR) is 121 cm³/mol. The zero-order chi connectivity index (χ0) is 19.3. The van der Waals surface area contributed by atoms with Gasteiger partial charge >= 0.3 is 0 Å². The van der Waals surface area contributed by atoms with E-state index < -0.39 is 5.91 Å². The summed E-state index contributed by atoms with van der Waals surface area (Å²) in [6.07, 6.45) is 1.60. The molecule has 0 aliphatic rings. The minimum atomic E-state index is -0.417. The molecule has 0 heterocycles. The van der Waals surface area contributed by atoms with Gasteiger partial charge < -0.3 is 10.1 Å². The van der Waals surface area contributed by atoms with Crippen molar-refractivity contribution in [2.24, 2.45) is 0 Å². The van der Waals surface area contributed by atoms with Crippen LogP contribution in [0.5, 0.6) is 5.75 Å². The number of rotatable bonds is 5. The molecule has 4 nitrogen and oxygen atoms in total. The number of halogens is 2. The van der Waals surface area contributed by atoms with E-state index in [4.69, 9.17) is 4.74 Å². The number of carbonyl (C=O) groups is 1. The molecule has 0 aromatic heterocycles. The summed E-state index contributed by atoms with van der Waals surface area (Å²) >= 11 is 4.39. The number of anilines is 1. The molecule has 0 unspecified atom stereocenters. The van der Waals surface area contributed by atoms with E-state index in [9.17, 15) is 10.1 Å². The standard InChI is InChI=1S/C20H18I2N2O2/c1-4-26-19-16(21)9-14(10-17(19)22)8-15(11-23)20(25)24-18-7-12(2)5-6-13(18)3/h5-10H,4H2,1-3H3,(H,24,25)/b15-8+. The first-order valence-electron chi connectivity index (χ1n) is 7.98. The van der Waals surface area contributed by atoms with E-state index in [1.54, 1.807) is 6.08 Å². The number of nitrogens with zero attached hydrogens (tertiary/aromatic N) is 1. The lowest BCUT2D eigenvalue weighted by Crippen LogP contribution is -2.14. The number of hydrogen-bond donors (Lipinski definition) is 1. The molecule has 6 heteroatoms. The number of amides is 1. The molecule has 0 aliphatic carbocycles. The average Bonchev–Trinajstić information content (AvgIpc) is 2.59. The van der Waals surface area contributed by atoms with Gasteiger partial charge in [-0.2, -0.15) is 5.26 Å². The van der Waals surface area contributed by atoms with Crippen molar-refractivity contribution in [2.45, 2.75) is 20.8 Å². The van der Waals surface area contributed by atoms with Gasteiger partial charge in [0.05, 0.1) is 13.7 Å². The number of hydrogen-bond acceptors (Lipinski definition) is 3. The van der Waals surface area contributed by atoms with E-state index in [0.29, 0.717) is 12.3 Å². The van der Waals surface area contributed by atoms with E-state index in [1.165, 1.54) is 0 Å². The van der Waals surface area contributed by atoms with Gasteiger partial charge in [0, 0.05) is 5.69 Å². The highest BCUT2D eigenvalue weighted by Crippen LogP contribution is 2.30. The fraction of sp³-hybridized carbons (Fsp3) is 0.200. The number of aryl methyl sites for hydroxylation is 2. The normalized spacial score (nSPS) is 11.0. The summed E-state index contributed by atoms with van der Waals surface area (Å²) in [6.45, 7) is 6.40. The Bertz CT molecular complexity index is 892. The number of benzene rings is 2. The molecule has 26 heavy (non-hydrogen) atoms. The van der Waals surface area contributed by atoms with Gasteiger partial charge in [-0.15, -0.1) is 0 Å². The lowest BCUT2D eigenvalue weighted by Gasteiger charge is -2.10. The van der Waals surface area contributed by atoms with Gasteiger partial charge in [-0.05, 0) is 107 Å². The Hall–Kier alpha value is -1.60.